The number of carbonyl (C=O) groups is 2. The molecule has 1 aliphatic heterocycles. The number of carbonyl (C=O) groups excluding carboxylic acids is 2. The number of ether oxygens (including phenoxy) is 2. The highest BCUT2D eigenvalue weighted by molar-refractivity contribution is 7.89. The van der Waals surface area contributed by atoms with E-state index in [-0.39, 0.29) is 49.5 Å². The molecule has 266 valence electrons. The van der Waals surface area contributed by atoms with Crippen LogP contribution in [0.4, 0.5) is 4.39 Å². The molecular weight excluding hydrogens is 651 g/mol. The van der Waals surface area contributed by atoms with Crippen molar-refractivity contribution in [2.45, 2.75) is 70.7 Å². The summed E-state index contributed by atoms with van der Waals surface area (Å²) < 4.78 is 53.0. The van der Waals surface area contributed by atoms with E-state index in [1.165, 1.54) is 34.6 Å². The van der Waals surface area contributed by atoms with Crippen LogP contribution >= 0.6 is 0 Å². The Hall–Kier alpha value is -4.04. The summed E-state index contributed by atoms with van der Waals surface area (Å²) in [6.45, 7) is 9.25. The number of hydrogen-bond acceptors (Lipinski definition) is 8. The number of halogens is 1. The summed E-state index contributed by atoms with van der Waals surface area (Å²) in [6, 6.07) is 17.7. The standard InChI is InChI=1S/C36H47FN4O7S/c1-24(2)21-41(49(45,46)28-15-16-31-32(18-28)48-23-47-31)22-30(42)29(17-25-9-7-6-8-10-25)39-35(44)34(36(3,4)5)40-33(43)20-38-19-26-11-13-27(37)14-12-26/h6-16,18,24,29-30,34,38,42H,17,19-23H2,1-5H3,(H,39,44)(H,40,43). The van der Waals surface area contributed by atoms with Crippen LogP contribution in [-0.4, -0.2) is 74.3 Å². The summed E-state index contributed by atoms with van der Waals surface area (Å²) in [5, 5.41) is 20.4. The van der Waals surface area contributed by atoms with Crippen molar-refractivity contribution in [1.29, 1.82) is 0 Å². The molecule has 0 saturated heterocycles. The van der Waals surface area contributed by atoms with Crippen LogP contribution in [0.1, 0.15) is 45.7 Å². The number of fused-ring (bicyclic) bond motifs is 1. The number of sulfonamides is 1. The van der Waals surface area contributed by atoms with Crippen molar-refractivity contribution >= 4 is 21.8 Å². The molecule has 3 aromatic carbocycles. The molecule has 13 heteroatoms. The van der Waals surface area contributed by atoms with Gasteiger partial charge < -0.3 is 30.5 Å². The molecule has 0 saturated carbocycles. The van der Waals surface area contributed by atoms with Gasteiger partial charge in [-0.1, -0.05) is 77.1 Å². The molecule has 1 heterocycles. The number of benzene rings is 3. The third-order valence-electron chi connectivity index (χ3n) is 7.99. The molecule has 3 atom stereocenters. The number of aliphatic hydroxyl groups excluding tert-OH is 1. The summed E-state index contributed by atoms with van der Waals surface area (Å²) in [4.78, 5) is 26.9. The third-order valence-corrected chi connectivity index (χ3v) is 9.82. The Balaban J connectivity index is 1.51. The molecule has 0 aromatic heterocycles. The van der Waals surface area contributed by atoms with Crippen LogP contribution in [0.2, 0.25) is 0 Å². The van der Waals surface area contributed by atoms with Crippen molar-refractivity contribution < 1.29 is 37.0 Å². The molecule has 3 unspecified atom stereocenters. The van der Waals surface area contributed by atoms with E-state index >= 15 is 0 Å². The Morgan fingerprint density at radius 2 is 1.59 bits per heavy atom. The highest BCUT2D eigenvalue weighted by Gasteiger charge is 2.37. The van der Waals surface area contributed by atoms with E-state index in [9.17, 15) is 27.5 Å². The van der Waals surface area contributed by atoms with E-state index in [0.717, 1.165) is 11.1 Å². The second-order valence-corrected chi connectivity index (χ2v) is 15.6. The van der Waals surface area contributed by atoms with Crippen molar-refractivity contribution in [2.24, 2.45) is 11.3 Å². The zero-order chi connectivity index (χ0) is 35.8. The van der Waals surface area contributed by atoms with Crippen LogP contribution in [0.5, 0.6) is 11.5 Å². The fraction of sp³-hybridized carbons (Fsp3) is 0.444. The van der Waals surface area contributed by atoms with E-state index in [1.807, 2.05) is 65.0 Å². The lowest BCUT2D eigenvalue weighted by Crippen LogP contribution is -2.59. The van der Waals surface area contributed by atoms with Crippen LogP contribution in [-0.2, 0) is 32.6 Å². The molecule has 4 rings (SSSR count). The maximum Gasteiger partial charge on any atom is 0.243 e. The number of hydrogen-bond donors (Lipinski definition) is 4. The van der Waals surface area contributed by atoms with Crippen LogP contribution in [0.3, 0.4) is 0 Å². The number of aliphatic hydroxyl groups is 1. The topological polar surface area (TPSA) is 146 Å². The molecule has 0 bridgehead atoms. The Morgan fingerprint density at radius 3 is 2.24 bits per heavy atom. The molecular formula is C36H47FN4O7S. The van der Waals surface area contributed by atoms with Crippen LogP contribution < -0.4 is 25.4 Å². The van der Waals surface area contributed by atoms with Gasteiger partial charge in [-0.2, -0.15) is 4.31 Å². The summed E-state index contributed by atoms with van der Waals surface area (Å²) in [6.07, 6.45) is -1.11. The second-order valence-electron chi connectivity index (χ2n) is 13.7. The molecule has 2 amide bonds. The lowest BCUT2D eigenvalue weighted by atomic mass is 9.85. The fourth-order valence-electron chi connectivity index (χ4n) is 5.43. The first-order valence-electron chi connectivity index (χ1n) is 16.3. The molecule has 0 fully saturated rings. The first-order chi connectivity index (χ1) is 23.1. The predicted molar refractivity (Wildman–Crippen MR) is 184 cm³/mol. The molecule has 3 aromatic rings. The lowest BCUT2D eigenvalue weighted by Gasteiger charge is -2.34. The van der Waals surface area contributed by atoms with Gasteiger partial charge >= 0.3 is 0 Å². The van der Waals surface area contributed by atoms with Gasteiger partial charge in [-0.25, -0.2) is 12.8 Å². The summed E-state index contributed by atoms with van der Waals surface area (Å²) in [5.41, 5.74) is 0.900. The lowest BCUT2D eigenvalue weighted by molar-refractivity contribution is -0.132. The normalized spacial score (nSPS) is 14.8. The van der Waals surface area contributed by atoms with Crippen molar-refractivity contribution in [2.75, 3.05) is 26.4 Å². The van der Waals surface area contributed by atoms with Crippen molar-refractivity contribution in [3.8, 4) is 11.5 Å². The van der Waals surface area contributed by atoms with Crippen LogP contribution in [0.25, 0.3) is 0 Å². The van der Waals surface area contributed by atoms with E-state index in [0.29, 0.717) is 18.0 Å². The smallest absolute Gasteiger partial charge is 0.243 e. The van der Waals surface area contributed by atoms with Crippen molar-refractivity contribution in [3.05, 3.63) is 89.7 Å². The van der Waals surface area contributed by atoms with Gasteiger partial charge in [0.05, 0.1) is 23.6 Å². The molecule has 11 nitrogen and oxygen atoms in total. The van der Waals surface area contributed by atoms with Gasteiger partial charge in [0.2, 0.25) is 28.6 Å². The zero-order valence-electron chi connectivity index (χ0n) is 28.6. The molecule has 0 radical (unpaired) electrons. The van der Waals surface area contributed by atoms with Crippen molar-refractivity contribution in [3.63, 3.8) is 0 Å². The van der Waals surface area contributed by atoms with E-state index in [2.05, 4.69) is 16.0 Å². The zero-order valence-corrected chi connectivity index (χ0v) is 29.4. The van der Waals surface area contributed by atoms with Gasteiger partial charge in [0.25, 0.3) is 0 Å². The van der Waals surface area contributed by atoms with Gasteiger partial charge in [-0.3, -0.25) is 9.59 Å². The maximum atomic E-state index is 13.9. The molecule has 4 N–H and O–H groups in total. The summed E-state index contributed by atoms with van der Waals surface area (Å²) >= 11 is 0. The summed E-state index contributed by atoms with van der Waals surface area (Å²) in [5.74, 6) is -0.598. The molecule has 49 heavy (non-hydrogen) atoms. The number of amides is 2. The Labute approximate surface area is 288 Å². The average Bonchev–Trinajstić information content (AvgIpc) is 3.52. The maximum absolute atomic E-state index is 13.9. The van der Waals surface area contributed by atoms with Gasteiger partial charge in [-0.05, 0) is 53.1 Å². The minimum atomic E-state index is -4.09. The Bertz CT molecular complexity index is 1660. The van der Waals surface area contributed by atoms with Gasteiger partial charge in [0.15, 0.2) is 11.5 Å². The van der Waals surface area contributed by atoms with Gasteiger partial charge in [0, 0.05) is 25.7 Å². The van der Waals surface area contributed by atoms with E-state index in [4.69, 9.17) is 9.47 Å². The van der Waals surface area contributed by atoms with E-state index in [1.54, 1.807) is 12.1 Å². The molecule has 0 spiro atoms. The third kappa shape index (κ3) is 10.7. The minimum absolute atomic E-state index is 0.00297. The first kappa shape index (κ1) is 37.8. The second kappa shape index (κ2) is 16.6. The SMILES string of the molecule is CC(C)CN(CC(O)C(Cc1ccccc1)NC(=O)C(NC(=O)CNCc1ccc(F)cc1)C(C)(C)C)S(=O)(=O)c1ccc2c(c1)OCO2. The monoisotopic (exact) mass is 698 g/mol. The fourth-order valence-corrected chi connectivity index (χ4v) is 7.07. The molecule has 1 aliphatic rings. The number of nitrogens with one attached hydrogen (secondary N) is 3. The van der Waals surface area contributed by atoms with Gasteiger partial charge in [0.1, 0.15) is 11.9 Å². The highest BCUT2D eigenvalue weighted by Crippen LogP contribution is 2.35. The van der Waals surface area contributed by atoms with Crippen LogP contribution in [0.15, 0.2) is 77.7 Å². The van der Waals surface area contributed by atoms with Crippen LogP contribution in [0, 0.1) is 17.2 Å². The van der Waals surface area contributed by atoms with Gasteiger partial charge in [-0.15, -0.1) is 0 Å². The van der Waals surface area contributed by atoms with E-state index < -0.39 is 45.4 Å². The predicted octanol–water partition coefficient (Wildman–Crippen LogP) is 3.61. The highest BCUT2D eigenvalue weighted by atomic mass is 32.2. The summed E-state index contributed by atoms with van der Waals surface area (Å²) in [7, 11) is -4.09. The first-order valence-corrected chi connectivity index (χ1v) is 17.7. The quantitative estimate of drug-likeness (QED) is 0.178. The Morgan fingerprint density at radius 1 is 0.918 bits per heavy atom. The van der Waals surface area contributed by atoms with Crippen molar-refractivity contribution in [1.82, 2.24) is 20.3 Å². The Kier molecular flexibility index (Phi) is 12.8. The largest absolute Gasteiger partial charge is 0.454 e. The minimum Gasteiger partial charge on any atom is -0.454 e. The average molecular weight is 699 g/mol. The number of rotatable bonds is 16. The number of nitrogens with zero attached hydrogens (tertiary/aromatic N) is 1. The molecule has 0 aliphatic carbocycles.